The van der Waals surface area contributed by atoms with Crippen LogP contribution in [0.2, 0.25) is 0 Å². The molecule has 2 saturated carbocycles. The molecular weight excluding hydrogens is 230 g/mol. The van der Waals surface area contributed by atoms with E-state index in [1.54, 1.807) is 11.9 Å². The SMILES string of the molecule is CN(C(=O)CNC(=O)NC1CCCCC1)C1CC1. The van der Waals surface area contributed by atoms with E-state index in [1.807, 2.05) is 0 Å². The minimum Gasteiger partial charge on any atom is -0.341 e. The number of carbonyl (C=O) groups is 2. The van der Waals surface area contributed by atoms with E-state index in [-0.39, 0.29) is 24.5 Å². The lowest BCUT2D eigenvalue weighted by atomic mass is 9.96. The molecule has 0 bridgehead atoms. The highest BCUT2D eigenvalue weighted by atomic mass is 16.2. The van der Waals surface area contributed by atoms with Gasteiger partial charge in [-0.3, -0.25) is 4.79 Å². The molecule has 5 heteroatoms. The molecule has 2 aliphatic rings. The van der Waals surface area contributed by atoms with Crippen LogP contribution in [0.4, 0.5) is 4.79 Å². The Balaban J connectivity index is 1.62. The Morgan fingerprint density at radius 3 is 2.39 bits per heavy atom. The van der Waals surface area contributed by atoms with E-state index in [0.29, 0.717) is 6.04 Å². The largest absolute Gasteiger partial charge is 0.341 e. The molecule has 0 heterocycles. The van der Waals surface area contributed by atoms with E-state index in [9.17, 15) is 9.59 Å². The second-order valence-electron chi connectivity index (χ2n) is 5.40. The Labute approximate surface area is 108 Å². The standard InChI is InChI=1S/C13H23N3O2/c1-16(11-7-8-11)12(17)9-14-13(18)15-10-5-3-2-4-6-10/h10-11H,2-9H2,1H3,(H2,14,15,18). The Morgan fingerprint density at radius 1 is 1.11 bits per heavy atom. The predicted octanol–water partition coefficient (Wildman–Crippen LogP) is 1.24. The molecule has 2 fully saturated rings. The van der Waals surface area contributed by atoms with Gasteiger partial charge in [0.05, 0.1) is 6.54 Å². The number of nitrogens with zero attached hydrogens (tertiary/aromatic N) is 1. The maximum atomic E-state index is 11.7. The monoisotopic (exact) mass is 253 g/mol. The zero-order chi connectivity index (χ0) is 13.0. The van der Waals surface area contributed by atoms with Gasteiger partial charge in [0.2, 0.25) is 5.91 Å². The van der Waals surface area contributed by atoms with Gasteiger partial charge in [0.25, 0.3) is 0 Å². The fraction of sp³-hybridized carbons (Fsp3) is 0.846. The van der Waals surface area contributed by atoms with Gasteiger partial charge in [0.15, 0.2) is 0 Å². The van der Waals surface area contributed by atoms with Crippen LogP contribution in [0.15, 0.2) is 0 Å². The van der Waals surface area contributed by atoms with Gasteiger partial charge in [-0.05, 0) is 25.7 Å². The summed E-state index contributed by atoms with van der Waals surface area (Å²) < 4.78 is 0. The maximum absolute atomic E-state index is 11.7. The fourth-order valence-corrected chi connectivity index (χ4v) is 2.43. The molecule has 5 nitrogen and oxygen atoms in total. The van der Waals surface area contributed by atoms with Crippen molar-refractivity contribution in [3.63, 3.8) is 0 Å². The number of hydrogen-bond acceptors (Lipinski definition) is 2. The molecule has 0 aliphatic heterocycles. The zero-order valence-corrected chi connectivity index (χ0v) is 11.1. The van der Waals surface area contributed by atoms with E-state index in [4.69, 9.17) is 0 Å². The number of hydrogen-bond donors (Lipinski definition) is 2. The van der Waals surface area contributed by atoms with Gasteiger partial charge in [0.1, 0.15) is 0 Å². The molecule has 0 radical (unpaired) electrons. The van der Waals surface area contributed by atoms with E-state index in [1.165, 1.54) is 19.3 Å². The molecule has 0 spiro atoms. The summed E-state index contributed by atoms with van der Waals surface area (Å²) in [5.41, 5.74) is 0. The normalized spacial score (nSPS) is 20.3. The lowest BCUT2D eigenvalue weighted by Crippen LogP contribution is -2.46. The fourth-order valence-electron chi connectivity index (χ4n) is 2.43. The number of rotatable bonds is 4. The first-order chi connectivity index (χ1) is 8.66. The third kappa shape index (κ3) is 3.89. The van der Waals surface area contributed by atoms with Crippen LogP contribution in [0.25, 0.3) is 0 Å². The Kier molecular flexibility index (Phi) is 4.44. The van der Waals surface area contributed by atoms with Crippen molar-refractivity contribution in [2.24, 2.45) is 0 Å². The van der Waals surface area contributed by atoms with Crippen LogP contribution in [0.1, 0.15) is 44.9 Å². The van der Waals surface area contributed by atoms with Crippen molar-refractivity contribution in [1.29, 1.82) is 0 Å². The van der Waals surface area contributed by atoms with Gasteiger partial charge in [-0.1, -0.05) is 19.3 Å². The number of likely N-dealkylation sites (N-methyl/N-ethyl adjacent to an activating group) is 1. The van der Waals surface area contributed by atoms with Crippen molar-refractivity contribution in [2.45, 2.75) is 57.0 Å². The van der Waals surface area contributed by atoms with E-state index >= 15 is 0 Å². The van der Waals surface area contributed by atoms with Crippen molar-refractivity contribution < 1.29 is 9.59 Å². The van der Waals surface area contributed by atoms with Crippen LogP contribution < -0.4 is 10.6 Å². The summed E-state index contributed by atoms with van der Waals surface area (Å²) in [6.45, 7) is 0.103. The van der Waals surface area contributed by atoms with E-state index < -0.39 is 0 Å². The van der Waals surface area contributed by atoms with Gasteiger partial charge < -0.3 is 15.5 Å². The predicted molar refractivity (Wildman–Crippen MR) is 69.2 cm³/mol. The van der Waals surface area contributed by atoms with Crippen LogP contribution in [0, 0.1) is 0 Å². The minimum atomic E-state index is -0.209. The summed E-state index contributed by atoms with van der Waals surface area (Å²) >= 11 is 0. The molecule has 0 atom stereocenters. The first-order valence-corrected chi connectivity index (χ1v) is 6.97. The highest BCUT2D eigenvalue weighted by Gasteiger charge is 2.29. The van der Waals surface area contributed by atoms with E-state index in [0.717, 1.165) is 25.7 Å². The third-order valence-corrected chi connectivity index (χ3v) is 3.83. The van der Waals surface area contributed by atoms with Crippen molar-refractivity contribution in [3.8, 4) is 0 Å². The molecule has 0 aromatic rings. The number of nitrogens with one attached hydrogen (secondary N) is 2. The maximum Gasteiger partial charge on any atom is 0.315 e. The van der Waals surface area contributed by atoms with Crippen LogP contribution in [0.3, 0.4) is 0 Å². The lowest BCUT2D eigenvalue weighted by Gasteiger charge is -2.23. The summed E-state index contributed by atoms with van der Waals surface area (Å²) in [4.78, 5) is 25.1. The highest BCUT2D eigenvalue weighted by Crippen LogP contribution is 2.25. The van der Waals surface area contributed by atoms with Crippen molar-refractivity contribution >= 4 is 11.9 Å². The molecule has 18 heavy (non-hydrogen) atoms. The average Bonchev–Trinajstić information content (AvgIpc) is 3.20. The highest BCUT2D eigenvalue weighted by molar-refractivity contribution is 5.84. The van der Waals surface area contributed by atoms with Gasteiger partial charge in [-0.25, -0.2) is 4.79 Å². The van der Waals surface area contributed by atoms with Gasteiger partial charge in [-0.15, -0.1) is 0 Å². The van der Waals surface area contributed by atoms with Gasteiger partial charge in [-0.2, -0.15) is 0 Å². The number of carbonyl (C=O) groups excluding carboxylic acids is 2. The van der Waals surface area contributed by atoms with Gasteiger partial charge >= 0.3 is 6.03 Å². The third-order valence-electron chi connectivity index (χ3n) is 3.83. The molecule has 2 rings (SSSR count). The minimum absolute atomic E-state index is 0.00343. The van der Waals surface area contributed by atoms with Crippen molar-refractivity contribution in [3.05, 3.63) is 0 Å². The smallest absolute Gasteiger partial charge is 0.315 e. The first kappa shape index (κ1) is 13.2. The Morgan fingerprint density at radius 2 is 1.78 bits per heavy atom. The Hall–Kier alpha value is -1.26. The molecule has 2 aliphatic carbocycles. The molecule has 0 aromatic heterocycles. The molecule has 102 valence electrons. The topological polar surface area (TPSA) is 61.4 Å². The number of amides is 3. The Bertz CT molecular complexity index is 309. The molecule has 3 amide bonds. The summed E-state index contributed by atoms with van der Waals surface area (Å²) in [6, 6.07) is 0.482. The van der Waals surface area contributed by atoms with Crippen molar-refractivity contribution in [1.82, 2.24) is 15.5 Å². The van der Waals surface area contributed by atoms with E-state index in [2.05, 4.69) is 10.6 Å². The van der Waals surface area contributed by atoms with Crippen LogP contribution in [-0.2, 0) is 4.79 Å². The summed E-state index contributed by atoms with van der Waals surface area (Å²) in [5.74, 6) is -0.00343. The quantitative estimate of drug-likeness (QED) is 0.792. The molecule has 0 saturated heterocycles. The molecule has 2 N–H and O–H groups in total. The summed E-state index contributed by atoms with van der Waals surface area (Å²) in [5, 5.41) is 5.59. The van der Waals surface area contributed by atoms with Crippen LogP contribution in [0.5, 0.6) is 0 Å². The second kappa shape index (κ2) is 6.07. The molecule has 0 aromatic carbocycles. The zero-order valence-electron chi connectivity index (χ0n) is 11.1. The molecular formula is C13H23N3O2. The van der Waals surface area contributed by atoms with Crippen LogP contribution in [-0.4, -0.2) is 42.5 Å². The van der Waals surface area contributed by atoms with Crippen LogP contribution >= 0.6 is 0 Å². The summed E-state index contributed by atoms with van der Waals surface area (Å²) in [7, 11) is 1.81. The summed E-state index contributed by atoms with van der Waals surface area (Å²) in [6.07, 6.45) is 7.95. The average molecular weight is 253 g/mol. The second-order valence-corrected chi connectivity index (χ2v) is 5.40. The van der Waals surface area contributed by atoms with Gasteiger partial charge in [0, 0.05) is 19.1 Å². The van der Waals surface area contributed by atoms with Crippen molar-refractivity contribution in [2.75, 3.05) is 13.6 Å². The number of urea groups is 1. The first-order valence-electron chi connectivity index (χ1n) is 6.97. The molecule has 0 unspecified atom stereocenters. The lowest BCUT2D eigenvalue weighted by molar-refractivity contribution is -0.129.